The number of nitrogens with zero attached hydrogens (tertiary/aromatic N) is 2. The van der Waals surface area contributed by atoms with Crippen LogP contribution in [0.2, 0.25) is 0 Å². The number of rotatable bonds is 6. The molecule has 1 aliphatic heterocycles. The van der Waals surface area contributed by atoms with Gasteiger partial charge in [0, 0.05) is 48.5 Å². The van der Waals surface area contributed by atoms with Gasteiger partial charge in [-0.25, -0.2) is 13.8 Å². The number of piperidine rings is 1. The molecule has 3 N–H and O–H groups in total. The minimum atomic E-state index is -4.74. The number of fused-ring (bicyclic) bond motifs is 1. The second-order valence-electron chi connectivity index (χ2n) is 9.53. The molecule has 1 fully saturated rings. The van der Waals surface area contributed by atoms with Gasteiger partial charge in [0.25, 0.3) is 11.8 Å². The lowest BCUT2D eigenvalue weighted by Gasteiger charge is -2.31. The van der Waals surface area contributed by atoms with E-state index in [1.54, 1.807) is 12.1 Å². The molecule has 3 aromatic heterocycles. The zero-order chi connectivity index (χ0) is 29.4. The van der Waals surface area contributed by atoms with Gasteiger partial charge >= 0.3 is 6.18 Å². The molecular formula is C28H23F5N4O3S. The number of halogens is 5. The number of carbonyl (C=O) groups excluding carboxylic acids is 2. The Bertz CT molecular complexity index is 1620. The lowest BCUT2D eigenvalue weighted by atomic mass is 10.1. The van der Waals surface area contributed by atoms with Gasteiger partial charge in [0.1, 0.15) is 17.2 Å². The molecular weight excluding hydrogens is 567 g/mol. The lowest BCUT2D eigenvalue weighted by molar-refractivity contribution is -0.136. The maximum absolute atomic E-state index is 14.0. The number of nitrogens with one attached hydrogen (secondary N) is 1. The topological polar surface area (TPSA) is 101 Å². The van der Waals surface area contributed by atoms with Crippen LogP contribution in [-0.2, 0) is 17.5 Å². The molecule has 1 saturated heterocycles. The number of pyridine rings is 1. The Kier molecular flexibility index (Phi) is 7.56. The molecule has 5 rings (SSSR count). The summed E-state index contributed by atoms with van der Waals surface area (Å²) in [5.41, 5.74) is 5.00. The zero-order valence-corrected chi connectivity index (χ0v) is 22.1. The predicted octanol–water partition coefficient (Wildman–Crippen LogP) is 6.36. The van der Waals surface area contributed by atoms with E-state index in [-0.39, 0.29) is 46.8 Å². The van der Waals surface area contributed by atoms with Crippen molar-refractivity contribution in [2.75, 3.05) is 18.8 Å². The first-order valence-corrected chi connectivity index (χ1v) is 13.3. The summed E-state index contributed by atoms with van der Waals surface area (Å²) in [6.07, 6.45) is -1.35. The maximum atomic E-state index is 14.0. The van der Waals surface area contributed by atoms with Gasteiger partial charge in [-0.15, -0.1) is 11.3 Å². The van der Waals surface area contributed by atoms with Crippen molar-refractivity contribution in [3.63, 3.8) is 0 Å². The maximum Gasteiger partial charge on any atom is 0.420 e. The van der Waals surface area contributed by atoms with Crippen LogP contribution in [0.15, 0.2) is 59.2 Å². The molecule has 0 atom stereocenters. The van der Waals surface area contributed by atoms with E-state index in [0.717, 1.165) is 17.4 Å². The first-order chi connectivity index (χ1) is 19.4. The molecule has 0 aliphatic carbocycles. The third kappa shape index (κ3) is 6.56. The largest absolute Gasteiger partial charge is 0.459 e. The van der Waals surface area contributed by atoms with Crippen molar-refractivity contribution in [3.05, 3.63) is 76.5 Å². The fourth-order valence-corrected chi connectivity index (χ4v) is 5.33. The number of carbonyl (C=O) groups is 2. The van der Waals surface area contributed by atoms with Crippen molar-refractivity contribution >= 4 is 46.0 Å². The van der Waals surface area contributed by atoms with Crippen molar-refractivity contribution in [1.29, 1.82) is 0 Å². The predicted molar refractivity (Wildman–Crippen MR) is 144 cm³/mol. The molecule has 0 unspecified atom stereocenters. The highest BCUT2D eigenvalue weighted by Gasteiger charge is 2.37. The number of furan rings is 1. The SMILES string of the molecule is Nc1ccc(C=CC(=O)NCc2cc3cc(-c4ccc(C(=O)N5CCC(F)(F)CC5)s4)cc(C(F)(F)F)c3o2)cn1. The van der Waals surface area contributed by atoms with E-state index in [2.05, 4.69) is 10.3 Å². The van der Waals surface area contributed by atoms with Crippen molar-refractivity contribution in [2.45, 2.75) is 31.5 Å². The number of aromatic nitrogens is 1. The molecule has 0 radical (unpaired) electrons. The smallest absolute Gasteiger partial charge is 0.420 e. The molecule has 1 aromatic carbocycles. The number of amides is 2. The van der Waals surface area contributed by atoms with Crippen LogP contribution in [0.4, 0.5) is 27.8 Å². The molecule has 214 valence electrons. The van der Waals surface area contributed by atoms with Crippen molar-refractivity contribution in [3.8, 4) is 10.4 Å². The lowest BCUT2D eigenvalue weighted by Crippen LogP contribution is -2.42. The molecule has 4 heterocycles. The fourth-order valence-electron chi connectivity index (χ4n) is 4.37. The third-order valence-corrected chi connectivity index (χ3v) is 7.65. The Morgan fingerprint density at radius 3 is 2.56 bits per heavy atom. The number of likely N-dealkylation sites (tertiary alicyclic amines) is 1. The van der Waals surface area contributed by atoms with Gasteiger partial charge in [-0.3, -0.25) is 9.59 Å². The third-order valence-electron chi connectivity index (χ3n) is 6.53. The molecule has 0 saturated carbocycles. The minimum absolute atomic E-state index is 0.0913. The zero-order valence-electron chi connectivity index (χ0n) is 21.3. The fraction of sp³-hybridized carbons (Fsp3) is 0.250. The summed E-state index contributed by atoms with van der Waals surface area (Å²) in [6, 6.07) is 10.1. The number of thiophene rings is 1. The normalized spacial score (nSPS) is 15.5. The molecule has 41 heavy (non-hydrogen) atoms. The Hall–Kier alpha value is -4.26. The highest BCUT2D eigenvalue weighted by atomic mass is 32.1. The van der Waals surface area contributed by atoms with E-state index in [0.29, 0.717) is 16.3 Å². The molecule has 4 aromatic rings. The summed E-state index contributed by atoms with van der Waals surface area (Å²) >= 11 is 0.988. The number of nitrogen functional groups attached to an aromatic ring is 1. The number of alkyl halides is 5. The van der Waals surface area contributed by atoms with E-state index in [4.69, 9.17) is 10.2 Å². The van der Waals surface area contributed by atoms with E-state index in [1.807, 2.05) is 0 Å². The highest BCUT2D eigenvalue weighted by Crippen LogP contribution is 2.41. The van der Waals surface area contributed by atoms with E-state index in [1.165, 1.54) is 47.5 Å². The average molecular weight is 591 g/mol. The van der Waals surface area contributed by atoms with Crippen LogP contribution in [0.5, 0.6) is 0 Å². The van der Waals surface area contributed by atoms with Gasteiger partial charge in [0.05, 0.1) is 17.0 Å². The summed E-state index contributed by atoms with van der Waals surface area (Å²) < 4.78 is 74.4. The van der Waals surface area contributed by atoms with Crippen molar-refractivity contribution < 1.29 is 36.0 Å². The average Bonchev–Trinajstić information content (AvgIpc) is 3.57. The van der Waals surface area contributed by atoms with Crippen LogP contribution in [0.3, 0.4) is 0 Å². The Morgan fingerprint density at radius 2 is 1.88 bits per heavy atom. The monoisotopic (exact) mass is 590 g/mol. The standard InChI is InChI=1S/C28H23F5N4O3S/c29-27(30)7-9-37(10-8-27)26(39)22-4-3-21(41-22)17-11-18-12-19(40-25(18)20(13-17)28(31,32)33)15-36-24(38)6-2-16-1-5-23(34)35-14-16/h1-6,11-14H,7-10,15H2,(H2,34,35)(H,36,38). The molecule has 13 heteroatoms. The van der Waals surface area contributed by atoms with Crippen LogP contribution < -0.4 is 11.1 Å². The van der Waals surface area contributed by atoms with Gasteiger partial charge in [0.2, 0.25) is 5.91 Å². The van der Waals surface area contributed by atoms with Crippen LogP contribution >= 0.6 is 11.3 Å². The molecule has 0 bridgehead atoms. The number of nitrogens with two attached hydrogens (primary N) is 1. The van der Waals surface area contributed by atoms with Gasteiger partial charge in [0.15, 0.2) is 0 Å². The second kappa shape index (κ2) is 11.0. The number of hydrogen-bond acceptors (Lipinski definition) is 6. The minimum Gasteiger partial charge on any atom is -0.459 e. The summed E-state index contributed by atoms with van der Waals surface area (Å²) in [5, 5.41) is 2.73. The van der Waals surface area contributed by atoms with Gasteiger partial charge in [-0.05, 0) is 59.7 Å². The van der Waals surface area contributed by atoms with E-state index in [9.17, 15) is 31.5 Å². The molecule has 0 spiro atoms. The van der Waals surface area contributed by atoms with Crippen LogP contribution in [0.1, 0.15) is 39.4 Å². The Labute approximate surface area is 234 Å². The van der Waals surface area contributed by atoms with Crippen molar-refractivity contribution in [1.82, 2.24) is 15.2 Å². The van der Waals surface area contributed by atoms with E-state index >= 15 is 0 Å². The van der Waals surface area contributed by atoms with Gasteiger partial charge in [-0.1, -0.05) is 0 Å². The summed E-state index contributed by atoms with van der Waals surface area (Å²) in [7, 11) is 0. The number of benzene rings is 1. The highest BCUT2D eigenvalue weighted by molar-refractivity contribution is 7.17. The summed E-state index contributed by atoms with van der Waals surface area (Å²) in [5.74, 6) is -3.29. The number of anilines is 1. The summed E-state index contributed by atoms with van der Waals surface area (Å²) in [6.45, 7) is -0.338. The second-order valence-corrected chi connectivity index (χ2v) is 10.6. The first kappa shape index (κ1) is 28.3. The quantitative estimate of drug-likeness (QED) is 0.201. The van der Waals surface area contributed by atoms with Crippen LogP contribution in [-0.4, -0.2) is 40.7 Å². The number of hydrogen-bond donors (Lipinski definition) is 2. The Balaban J connectivity index is 1.34. The van der Waals surface area contributed by atoms with Crippen LogP contribution in [0.25, 0.3) is 27.5 Å². The van der Waals surface area contributed by atoms with Crippen molar-refractivity contribution in [2.24, 2.45) is 0 Å². The first-order valence-electron chi connectivity index (χ1n) is 12.5. The molecule has 2 amide bonds. The Morgan fingerprint density at radius 1 is 1.12 bits per heavy atom. The van der Waals surface area contributed by atoms with Gasteiger partial charge < -0.3 is 20.4 Å². The summed E-state index contributed by atoms with van der Waals surface area (Å²) in [4.78, 5) is 30.9. The van der Waals surface area contributed by atoms with Crippen LogP contribution in [0, 0.1) is 0 Å². The molecule has 1 aliphatic rings. The van der Waals surface area contributed by atoms with Gasteiger partial charge in [-0.2, -0.15) is 13.2 Å². The van der Waals surface area contributed by atoms with E-state index < -0.39 is 42.3 Å². The molecule has 7 nitrogen and oxygen atoms in total.